The molecule has 10 aromatic rings. The molecule has 0 aliphatic carbocycles. The van der Waals surface area contributed by atoms with Crippen molar-refractivity contribution < 1.29 is 198 Å². The molecule has 40 heteroatoms. The molecular weight excluding hydrogens is 1600 g/mol. The third kappa shape index (κ3) is 37.1. The lowest BCUT2D eigenvalue weighted by Gasteiger charge is -1.95. The molecule has 620 valence electrons. The normalized spacial score (nSPS) is 9.33. The fourth-order valence-electron chi connectivity index (χ4n) is 7.64. The third-order valence-corrected chi connectivity index (χ3v) is 13.7. The molecule has 120 heavy (non-hydrogen) atoms. The fourth-order valence-corrected chi connectivity index (χ4v) is 7.64. The van der Waals surface area contributed by atoms with Crippen molar-refractivity contribution in [3.8, 4) is 0 Å². The Hall–Kier alpha value is -18.4. The topological polar surface area (TPSA) is 746 Å². The van der Waals surface area contributed by atoms with Gasteiger partial charge in [0.05, 0.1) is 111 Å². The summed E-state index contributed by atoms with van der Waals surface area (Å²) in [5.74, 6) is -21.6. The van der Waals surface area contributed by atoms with E-state index in [1.54, 1.807) is 0 Å². The van der Waals surface area contributed by atoms with Gasteiger partial charge in [-0.1, -0.05) is 18.2 Å². The molecular formula is C80H60O40. The monoisotopic (exact) mass is 1660 g/mol. The average Bonchev–Trinajstić information content (AvgIpc) is 0.856. The zero-order valence-corrected chi connectivity index (χ0v) is 60.2. The molecule has 0 radical (unpaired) electrons. The molecule has 0 aliphatic heterocycles. The van der Waals surface area contributed by atoms with Gasteiger partial charge in [-0.15, -0.1) is 0 Å². The van der Waals surface area contributed by atoms with E-state index in [1.165, 1.54) is 224 Å². The number of hydrogen-bond acceptors (Lipinski definition) is 20. The number of aromatic carboxylic acids is 20. The second-order valence-corrected chi connectivity index (χ2v) is 21.9. The first-order chi connectivity index (χ1) is 56.1. The Morgan fingerprint density at radius 3 is 0.208 bits per heavy atom. The summed E-state index contributed by atoms with van der Waals surface area (Å²) in [6.07, 6.45) is 0. The molecule has 0 saturated carbocycles. The van der Waals surface area contributed by atoms with Crippen LogP contribution in [0.3, 0.4) is 0 Å². The van der Waals surface area contributed by atoms with Gasteiger partial charge in [-0.3, -0.25) is 0 Å². The number of benzene rings is 10. The molecule has 0 amide bonds. The van der Waals surface area contributed by atoms with Gasteiger partial charge in [-0.25, -0.2) is 95.9 Å². The zero-order valence-electron chi connectivity index (χ0n) is 60.2. The fraction of sp³-hybridized carbons (Fsp3) is 0. The number of carboxylic acids is 20. The molecule has 0 saturated heterocycles. The molecule has 0 atom stereocenters. The van der Waals surface area contributed by atoms with E-state index < -0.39 is 119 Å². The predicted molar refractivity (Wildman–Crippen MR) is 404 cm³/mol. The molecule has 0 spiro atoms. The predicted octanol–water partition coefficient (Wildman–Crippen LogP) is 10.8. The quantitative estimate of drug-likeness (QED) is 0.0337. The van der Waals surface area contributed by atoms with Crippen molar-refractivity contribution in [3.05, 3.63) is 354 Å². The van der Waals surface area contributed by atoms with Crippen LogP contribution >= 0.6 is 0 Å². The number of carboxylic acid groups (broad SMARTS) is 20. The van der Waals surface area contributed by atoms with E-state index in [0.29, 0.717) is 0 Å². The maximum atomic E-state index is 10.4. The molecule has 0 aromatic heterocycles. The van der Waals surface area contributed by atoms with Gasteiger partial charge in [-0.05, 0) is 224 Å². The SMILES string of the molecule is O=C(O)c1ccc(C(=O)O)cc1.O=C(O)c1ccc(C(=O)O)cc1.O=C(O)c1ccc(C(=O)O)cc1.O=C(O)c1ccc(C(=O)O)cc1.O=C(O)c1ccc(C(=O)O)cc1.O=C(O)c1ccc(C(=O)O)cc1.O=C(O)c1ccc(C(=O)O)cc1.O=C(O)c1cccc(C(=O)O)c1.O=C(O)c1cccc(C(=O)O)c1.O=C(O)c1cccc(C(=O)O)c1. The Morgan fingerprint density at radius 2 is 0.158 bits per heavy atom. The molecule has 0 heterocycles. The van der Waals surface area contributed by atoms with Crippen LogP contribution in [-0.4, -0.2) is 222 Å². The van der Waals surface area contributed by atoms with Gasteiger partial charge < -0.3 is 102 Å². The first kappa shape index (κ1) is 99.6. The van der Waals surface area contributed by atoms with Crippen LogP contribution in [0.25, 0.3) is 0 Å². The standard InChI is InChI=1S/10C8H6O4/c7*9-7(10)5-1-2-6(4-3-5)8(11)12;3*9-7(10)5-2-1-3-6(4-5)8(11)12/h10*1-4H,(H,9,10)(H,11,12). The summed E-state index contributed by atoms with van der Waals surface area (Å²) in [7, 11) is 0. The maximum Gasteiger partial charge on any atom is 0.335 e. The Morgan fingerprint density at radius 1 is 0.100 bits per heavy atom. The molecule has 0 aliphatic rings. The molecule has 0 fully saturated rings. The molecule has 0 bridgehead atoms. The first-order valence-electron chi connectivity index (χ1n) is 31.8. The van der Waals surface area contributed by atoms with Crippen LogP contribution < -0.4 is 0 Å². The van der Waals surface area contributed by atoms with Crippen LogP contribution in [0.4, 0.5) is 0 Å². The van der Waals surface area contributed by atoms with Gasteiger partial charge in [0.25, 0.3) is 0 Å². The highest BCUT2D eigenvalue weighted by atomic mass is 16.4. The largest absolute Gasteiger partial charge is 0.478 e. The highest BCUT2D eigenvalue weighted by Crippen LogP contribution is 2.13. The minimum absolute atomic E-state index is 0.0186. The van der Waals surface area contributed by atoms with Crippen LogP contribution in [0.1, 0.15) is 207 Å². The smallest absolute Gasteiger partial charge is 0.335 e. The minimum atomic E-state index is -1.13. The zero-order chi connectivity index (χ0) is 91.4. The summed E-state index contributed by atoms with van der Waals surface area (Å²) in [5.41, 5.74) is 1.06. The number of hydrogen-bond donors (Lipinski definition) is 20. The minimum Gasteiger partial charge on any atom is -0.478 e. The summed E-state index contributed by atoms with van der Waals surface area (Å²) in [6, 6.07) is 50.7. The molecule has 40 nitrogen and oxygen atoms in total. The Labute approximate surface area is 668 Å². The van der Waals surface area contributed by atoms with Crippen molar-refractivity contribution >= 4 is 119 Å². The van der Waals surface area contributed by atoms with Gasteiger partial charge >= 0.3 is 119 Å². The lowest BCUT2D eigenvalue weighted by Crippen LogP contribution is -2.01. The Kier molecular flexibility index (Phi) is 41.3. The van der Waals surface area contributed by atoms with Crippen molar-refractivity contribution in [2.24, 2.45) is 0 Å². The molecule has 0 unspecified atom stereocenters. The highest BCUT2D eigenvalue weighted by molar-refractivity contribution is 5.99. The van der Waals surface area contributed by atoms with Crippen LogP contribution in [0.2, 0.25) is 0 Å². The average molecular weight is 1660 g/mol. The Bertz CT molecular complexity index is 4270. The van der Waals surface area contributed by atoms with E-state index >= 15 is 0 Å². The second kappa shape index (κ2) is 49.8. The summed E-state index contributed by atoms with van der Waals surface area (Å²) in [4.78, 5) is 207. The summed E-state index contributed by atoms with van der Waals surface area (Å²) in [5, 5.41) is 170. The number of carbonyl (C=O) groups is 20. The van der Waals surface area contributed by atoms with Crippen molar-refractivity contribution in [2.45, 2.75) is 0 Å². The van der Waals surface area contributed by atoms with Crippen LogP contribution in [0.5, 0.6) is 0 Å². The lowest BCUT2D eigenvalue weighted by molar-refractivity contribution is 0.0676. The van der Waals surface area contributed by atoms with Gasteiger partial charge in [-0.2, -0.15) is 0 Å². The van der Waals surface area contributed by atoms with Gasteiger partial charge in [0.15, 0.2) is 0 Å². The highest BCUT2D eigenvalue weighted by Gasteiger charge is 2.14. The van der Waals surface area contributed by atoms with Crippen molar-refractivity contribution in [1.29, 1.82) is 0 Å². The lowest BCUT2D eigenvalue weighted by atomic mass is 10.1. The van der Waals surface area contributed by atoms with E-state index in [1.807, 2.05) is 0 Å². The van der Waals surface area contributed by atoms with Crippen molar-refractivity contribution in [2.75, 3.05) is 0 Å². The van der Waals surface area contributed by atoms with E-state index in [-0.39, 0.29) is 111 Å². The van der Waals surface area contributed by atoms with E-state index in [2.05, 4.69) is 0 Å². The number of rotatable bonds is 20. The molecule has 20 N–H and O–H groups in total. The van der Waals surface area contributed by atoms with Crippen LogP contribution in [-0.2, 0) is 0 Å². The van der Waals surface area contributed by atoms with E-state index in [0.717, 1.165) is 18.2 Å². The summed E-state index contributed by atoms with van der Waals surface area (Å²) >= 11 is 0. The van der Waals surface area contributed by atoms with Gasteiger partial charge in [0.1, 0.15) is 0 Å². The molecule has 10 rings (SSSR count). The summed E-state index contributed by atoms with van der Waals surface area (Å²) < 4.78 is 0. The van der Waals surface area contributed by atoms with Crippen molar-refractivity contribution in [1.82, 2.24) is 0 Å². The molecule has 10 aromatic carbocycles. The van der Waals surface area contributed by atoms with Crippen LogP contribution in [0, 0.1) is 0 Å². The van der Waals surface area contributed by atoms with E-state index in [9.17, 15) is 95.9 Å². The third-order valence-electron chi connectivity index (χ3n) is 13.7. The van der Waals surface area contributed by atoms with Gasteiger partial charge in [0.2, 0.25) is 0 Å². The van der Waals surface area contributed by atoms with Crippen LogP contribution in [0.15, 0.2) is 243 Å². The van der Waals surface area contributed by atoms with E-state index in [4.69, 9.17) is 102 Å². The van der Waals surface area contributed by atoms with Crippen molar-refractivity contribution in [3.63, 3.8) is 0 Å². The maximum absolute atomic E-state index is 10.4. The Balaban J connectivity index is 0.000000667. The van der Waals surface area contributed by atoms with Gasteiger partial charge in [0, 0.05) is 0 Å². The summed E-state index contributed by atoms with van der Waals surface area (Å²) in [6.45, 7) is 0. The first-order valence-corrected chi connectivity index (χ1v) is 31.8. The second-order valence-electron chi connectivity index (χ2n) is 21.9.